The van der Waals surface area contributed by atoms with Gasteiger partial charge < -0.3 is 10.0 Å². The molecule has 1 N–H and O–H groups in total. The third-order valence-corrected chi connectivity index (χ3v) is 5.62. The summed E-state index contributed by atoms with van der Waals surface area (Å²) >= 11 is 1.54. The van der Waals surface area contributed by atoms with Gasteiger partial charge in [0.2, 0.25) is 0 Å². The van der Waals surface area contributed by atoms with Crippen LogP contribution in [0.3, 0.4) is 0 Å². The number of aliphatic carboxylic acids is 1. The molecule has 1 aliphatic heterocycles. The summed E-state index contributed by atoms with van der Waals surface area (Å²) in [4.78, 5) is 27.3. The number of carbonyl (C=O) groups is 2. The van der Waals surface area contributed by atoms with Crippen molar-refractivity contribution in [2.75, 3.05) is 12.8 Å². The van der Waals surface area contributed by atoms with Gasteiger partial charge in [0.1, 0.15) is 6.04 Å². The van der Waals surface area contributed by atoms with Crippen LogP contribution in [-0.2, 0) is 4.79 Å². The molecule has 1 saturated carbocycles. The number of carboxylic acid groups (broad SMARTS) is 1. The molecule has 0 aromatic rings. The van der Waals surface area contributed by atoms with Gasteiger partial charge in [0.25, 0.3) is 0 Å². The zero-order valence-electron chi connectivity index (χ0n) is 12.2. The van der Waals surface area contributed by atoms with Crippen LogP contribution in [0, 0.1) is 0 Å². The zero-order valence-corrected chi connectivity index (χ0v) is 13.1. The van der Waals surface area contributed by atoms with E-state index in [9.17, 15) is 14.7 Å². The van der Waals surface area contributed by atoms with Crippen molar-refractivity contribution in [2.24, 2.45) is 0 Å². The standard InChI is InChI=1S/C14H24N2O3S/c1-10-16(12(9-20-10)13(17)18)14(19)15(2)11-7-5-3-4-6-8-11/h10-12H,3-9H2,1-2H3,(H,17,18). The molecule has 2 rings (SSSR count). The molecule has 1 aliphatic carbocycles. The fourth-order valence-corrected chi connectivity index (χ4v) is 4.27. The number of thioether (sulfide) groups is 1. The molecule has 0 aromatic heterocycles. The molecular formula is C14H24N2O3S. The van der Waals surface area contributed by atoms with E-state index in [0.717, 1.165) is 25.7 Å². The highest BCUT2D eigenvalue weighted by Crippen LogP contribution is 2.31. The van der Waals surface area contributed by atoms with Crippen molar-refractivity contribution in [1.29, 1.82) is 0 Å². The van der Waals surface area contributed by atoms with E-state index in [1.165, 1.54) is 29.5 Å². The Morgan fingerprint density at radius 2 is 1.80 bits per heavy atom. The number of carboxylic acids is 1. The summed E-state index contributed by atoms with van der Waals surface area (Å²) in [6.07, 6.45) is 6.88. The Bertz CT molecular complexity index is 369. The first-order valence-electron chi connectivity index (χ1n) is 7.42. The third-order valence-electron chi connectivity index (χ3n) is 4.40. The molecular weight excluding hydrogens is 276 g/mol. The minimum Gasteiger partial charge on any atom is -0.480 e. The van der Waals surface area contributed by atoms with Crippen molar-refractivity contribution in [3.05, 3.63) is 0 Å². The van der Waals surface area contributed by atoms with Crippen molar-refractivity contribution < 1.29 is 14.7 Å². The van der Waals surface area contributed by atoms with Gasteiger partial charge in [-0.1, -0.05) is 25.7 Å². The van der Waals surface area contributed by atoms with E-state index in [1.54, 1.807) is 4.90 Å². The molecule has 5 nitrogen and oxygen atoms in total. The Hall–Kier alpha value is -0.910. The van der Waals surface area contributed by atoms with E-state index in [4.69, 9.17) is 0 Å². The molecule has 2 aliphatic rings. The second-order valence-electron chi connectivity index (χ2n) is 5.73. The third kappa shape index (κ3) is 3.22. The second-order valence-corrected chi connectivity index (χ2v) is 7.08. The summed E-state index contributed by atoms with van der Waals surface area (Å²) in [5.74, 6) is -0.412. The van der Waals surface area contributed by atoms with Gasteiger partial charge in [-0.3, -0.25) is 4.90 Å². The first kappa shape index (κ1) is 15.5. The van der Waals surface area contributed by atoms with Gasteiger partial charge in [0, 0.05) is 18.8 Å². The molecule has 20 heavy (non-hydrogen) atoms. The number of hydrogen-bond acceptors (Lipinski definition) is 3. The minimum atomic E-state index is -0.899. The smallest absolute Gasteiger partial charge is 0.327 e. The topological polar surface area (TPSA) is 60.9 Å². The van der Waals surface area contributed by atoms with Crippen molar-refractivity contribution in [2.45, 2.75) is 62.9 Å². The predicted molar refractivity (Wildman–Crippen MR) is 79.8 cm³/mol. The van der Waals surface area contributed by atoms with Crippen molar-refractivity contribution in [3.63, 3.8) is 0 Å². The lowest BCUT2D eigenvalue weighted by Gasteiger charge is -2.34. The van der Waals surface area contributed by atoms with E-state index in [0.29, 0.717) is 5.75 Å². The normalized spacial score (nSPS) is 28.2. The quantitative estimate of drug-likeness (QED) is 0.796. The summed E-state index contributed by atoms with van der Waals surface area (Å²) in [6, 6.07) is -0.547. The fourth-order valence-electron chi connectivity index (χ4n) is 3.11. The van der Waals surface area contributed by atoms with Gasteiger partial charge >= 0.3 is 12.0 Å². The lowest BCUT2D eigenvalue weighted by atomic mass is 10.1. The molecule has 0 bridgehead atoms. The summed E-state index contributed by atoms with van der Waals surface area (Å²) in [6.45, 7) is 1.91. The maximum absolute atomic E-state index is 12.7. The molecule has 2 atom stereocenters. The van der Waals surface area contributed by atoms with E-state index >= 15 is 0 Å². The maximum Gasteiger partial charge on any atom is 0.327 e. The van der Waals surface area contributed by atoms with Crippen LogP contribution >= 0.6 is 11.8 Å². The number of carbonyl (C=O) groups excluding carboxylic acids is 1. The van der Waals surface area contributed by atoms with Crippen LogP contribution in [0.1, 0.15) is 45.4 Å². The summed E-state index contributed by atoms with van der Waals surface area (Å²) in [5, 5.41) is 9.20. The maximum atomic E-state index is 12.7. The summed E-state index contributed by atoms with van der Waals surface area (Å²) in [5.41, 5.74) is 0. The highest BCUT2D eigenvalue weighted by molar-refractivity contribution is 8.00. The molecule has 1 heterocycles. The summed E-state index contributed by atoms with van der Waals surface area (Å²) < 4.78 is 0. The van der Waals surface area contributed by atoms with Gasteiger partial charge in [-0.15, -0.1) is 11.8 Å². The largest absolute Gasteiger partial charge is 0.480 e. The number of urea groups is 1. The predicted octanol–water partition coefficient (Wildman–Crippen LogP) is 2.61. The lowest BCUT2D eigenvalue weighted by Crippen LogP contribution is -2.52. The van der Waals surface area contributed by atoms with Gasteiger partial charge in [-0.2, -0.15) is 0 Å². The molecule has 2 unspecified atom stereocenters. The van der Waals surface area contributed by atoms with Crippen molar-refractivity contribution in [3.8, 4) is 0 Å². The van der Waals surface area contributed by atoms with Crippen LogP contribution in [0.5, 0.6) is 0 Å². The monoisotopic (exact) mass is 300 g/mol. The van der Waals surface area contributed by atoms with Crippen molar-refractivity contribution in [1.82, 2.24) is 9.80 Å². The second kappa shape index (κ2) is 6.70. The molecule has 114 valence electrons. The van der Waals surface area contributed by atoms with Crippen LogP contribution in [0.2, 0.25) is 0 Å². The Morgan fingerprint density at radius 1 is 1.20 bits per heavy atom. The Labute approximate surface area is 124 Å². The molecule has 0 spiro atoms. The fraction of sp³-hybridized carbons (Fsp3) is 0.857. The molecule has 2 amide bonds. The summed E-state index contributed by atoms with van der Waals surface area (Å²) in [7, 11) is 1.83. The van der Waals surface area contributed by atoms with Gasteiger partial charge in [0.15, 0.2) is 0 Å². The first-order chi connectivity index (χ1) is 9.52. The minimum absolute atomic E-state index is 0.0585. The zero-order chi connectivity index (χ0) is 14.7. The van der Waals surface area contributed by atoms with Crippen LogP contribution < -0.4 is 0 Å². The average molecular weight is 300 g/mol. The van der Waals surface area contributed by atoms with Gasteiger partial charge in [-0.05, 0) is 19.8 Å². The van der Waals surface area contributed by atoms with Crippen LogP contribution in [0.4, 0.5) is 4.79 Å². The first-order valence-corrected chi connectivity index (χ1v) is 8.46. The van der Waals surface area contributed by atoms with E-state index < -0.39 is 12.0 Å². The van der Waals surface area contributed by atoms with E-state index in [2.05, 4.69) is 0 Å². The Kier molecular flexibility index (Phi) is 5.18. The molecule has 2 fully saturated rings. The van der Waals surface area contributed by atoms with Crippen LogP contribution in [-0.4, -0.2) is 57.2 Å². The van der Waals surface area contributed by atoms with Crippen LogP contribution in [0.25, 0.3) is 0 Å². The number of rotatable bonds is 2. The molecule has 0 radical (unpaired) electrons. The van der Waals surface area contributed by atoms with Gasteiger partial charge in [0.05, 0.1) is 5.37 Å². The molecule has 6 heteroatoms. The number of hydrogen-bond donors (Lipinski definition) is 1. The number of nitrogens with zero attached hydrogens (tertiary/aromatic N) is 2. The van der Waals surface area contributed by atoms with Crippen molar-refractivity contribution >= 4 is 23.8 Å². The SMILES string of the molecule is CC1SCC(C(=O)O)N1C(=O)N(C)C1CCCCCC1. The van der Waals surface area contributed by atoms with E-state index in [1.807, 2.05) is 14.0 Å². The van der Waals surface area contributed by atoms with Gasteiger partial charge in [-0.25, -0.2) is 9.59 Å². The lowest BCUT2D eigenvalue weighted by molar-refractivity contribution is -0.141. The Balaban J connectivity index is 2.06. The Morgan fingerprint density at radius 3 is 2.35 bits per heavy atom. The van der Waals surface area contributed by atoms with E-state index in [-0.39, 0.29) is 17.4 Å². The number of amides is 2. The highest BCUT2D eigenvalue weighted by atomic mass is 32.2. The highest BCUT2D eigenvalue weighted by Gasteiger charge is 2.41. The molecule has 1 saturated heterocycles. The molecule has 0 aromatic carbocycles. The van der Waals surface area contributed by atoms with Crippen LogP contribution in [0.15, 0.2) is 0 Å². The average Bonchev–Trinajstić information content (AvgIpc) is 2.65.